The molecule has 726 valence electrons. The van der Waals surface area contributed by atoms with E-state index in [2.05, 4.69) is 162 Å². The molecule has 0 fully saturated rings. The average Bonchev–Trinajstić information content (AvgIpc) is 0.779. The summed E-state index contributed by atoms with van der Waals surface area (Å²) in [5, 5.41) is 0. The van der Waals surface area contributed by atoms with Crippen LogP contribution in [0.4, 0.5) is 114 Å². The Balaban J connectivity index is 0.000000730. The normalized spacial score (nSPS) is 11.8. The first kappa shape index (κ1) is 121. The van der Waals surface area contributed by atoms with E-state index in [4.69, 9.17) is 0 Å². The molecule has 0 atom stereocenters. The van der Waals surface area contributed by atoms with Crippen molar-refractivity contribution in [1.29, 1.82) is 0 Å². The molecule has 0 saturated carbocycles. The first-order valence-electron chi connectivity index (χ1n) is 41.2. The van der Waals surface area contributed by atoms with Gasteiger partial charge in [0.1, 0.15) is 29.1 Å². The lowest BCUT2D eigenvalue weighted by atomic mass is 9.97. The Kier molecular flexibility index (Phi) is 49.1. The fourth-order valence-electron chi connectivity index (χ4n) is 11.5. The van der Waals surface area contributed by atoms with Gasteiger partial charge in [-0.2, -0.15) is 92.2 Å². The van der Waals surface area contributed by atoms with E-state index in [1.165, 1.54) is 108 Å². The predicted octanol–water partition coefficient (Wildman–Crippen LogP) is 40.2. The molecule has 10 aromatic carbocycles. The van der Waals surface area contributed by atoms with E-state index < -0.39 is 106 Å². The molecule has 0 spiro atoms. The third kappa shape index (κ3) is 42.0. The molecule has 0 radical (unpaired) electrons. The molecule has 0 saturated heterocycles. The van der Waals surface area contributed by atoms with Gasteiger partial charge in [-0.05, 0) is 278 Å². The highest BCUT2D eigenvalue weighted by Gasteiger charge is 2.41. The maximum absolute atomic E-state index is 13.1. The largest absolute Gasteiger partial charge is 0.419 e. The third-order valence-corrected chi connectivity index (χ3v) is 22.7. The number of benzene rings is 10. The van der Waals surface area contributed by atoms with Crippen LogP contribution in [0.3, 0.4) is 0 Å². The second-order valence-electron chi connectivity index (χ2n) is 33.5. The van der Waals surface area contributed by atoms with Crippen molar-refractivity contribution in [2.45, 2.75) is 269 Å². The molecule has 0 unspecified atom stereocenters. The minimum Gasteiger partial charge on any atom is -0.207 e. The van der Waals surface area contributed by atoms with Crippen molar-refractivity contribution in [3.8, 4) is 0 Å². The van der Waals surface area contributed by atoms with Gasteiger partial charge >= 0.3 is 43.2 Å². The quantitative estimate of drug-likeness (QED) is 0.120. The number of hydrogen-bond donors (Lipinski definition) is 0. The summed E-state index contributed by atoms with van der Waals surface area (Å²) in [5.74, 6) is -1.62. The van der Waals surface area contributed by atoms with Crippen LogP contribution >= 0.6 is 63.7 Å². The number of aryl methyl sites for hydroxylation is 4. The van der Waals surface area contributed by atoms with Gasteiger partial charge in [-0.1, -0.05) is 265 Å². The monoisotopic (exact) mass is 2130 g/mol. The molecule has 0 aromatic heterocycles. The van der Waals surface area contributed by atoms with E-state index in [0.29, 0.717) is 29.4 Å². The summed E-state index contributed by atoms with van der Waals surface area (Å²) in [6.45, 7) is 45.8. The van der Waals surface area contributed by atoms with Gasteiger partial charge in [0.25, 0.3) is 0 Å². The van der Waals surface area contributed by atoms with Gasteiger partial charge in [-0.3, -0.25) is 0 Å². The molecule has 10 rings (SSSR count). The van der Waals surface area contributed by atoms with Gasteiger partial charge in [0, 0.05) is 23.5 Å². The summed E-state index contributed by atoms with van der Waals surface area (Å²) >= 11 is 12.9. The molecule has 0 heterocycles. The van der Waals surface area contributed by atoms with Crippen LogP contribution in [-0.2, 0) is 43.2 Å². The molecular weight excluding hydrogens is 2030 g/mol. The Morgan fingerprint density at radius 2 is 0.580 bits per heavy atom. The molecule has 30 heteroatoms. The molecule has 0 N–H and O–H groups in total. The van der Waals surface area contributed by atoms with Crippen LogP contribution in [0.2, 0.25) is 0 Å². The minimum atomic E-state index is -4.83. The van der Waals surface area contributed by atoms with Crippen molar-refractivity contribution in [2.75, 3.05) is 0 Å². The highest BCUT2D eigenvalue weighted by atomic mass is 79.9. The Morgan fingerprint density at radius 3 is 0.954 bits per heavy atom. The average molecular weight is 2140 g/mol. The SMILES string of the molecule is CC(C)c1c(F)cccc1Br.CC(C)c1cc(C(F)(F)F)cc(C(F)(F)F)c1Br.CC(C)c1cc(C(F)(F)F)ccc1F.CC(C)c1ccc(C(F)(F)F)c(F)c1.CC(C)c1ccc(C(F)(F)F)cc1.CC(C)c1ccc(F)cc1Br.CC(C)c1ccc(F)cc1C(F)(F)F.Cc1ccc(C(C)C)cc1Br.Cc1ccc(C(C)C)cc1C.Cc1ccc(C(C)C)cc1C(F)(F)F. The van der Waals surface area contributed by atoms with Crippen LogP contribution in [0.15, 0.2) is 200 Å². The second-order valence-corrected chi connectivity index (χ2v) is 36.9. The standard InChI is InChI=1S/C11H9BrF6.C11H13F3.C11H16.C10H13Br.3C10H10F4.C10H11F3.2C9H10BrF/c1-5(2)7-3-6(10(13,14)15)4-8(9(7)12)11(16,17)18;1-7(2)9-5-4-8(3)10(6-9)11(12,13)14;1-8(2)11-6-5-9(3)10(4)7-11;1-7(2)9-5-4-8(3)10(11)6-9;1-6(2)8-5-7(10(12,13)14)3-4-9(8)11;1-6(2)8-4-3-7(11)5-9(8)10(12,13)14;1-6(2)7-3-4-8(9(11)5-7)10(12,13)14;1-7(2)8-3-5-9(6-4-8)10(11,12)13;1-6(2)8-4-3-7(11)5-9(8)10;1-6(2)9-7(10)4-3-5-8(9)11/h3-5H,1-2H3;4-7H,1-3H3;5-8H,1-4H3;4-7H,1-3H3;3*3-6H,1-2H3;3-7H,1-2H3;2*3-6H,1-2H3. The third-order valence-electron chi connectivity index (χ3n) is 19.6. The van der Waals surface area contributed by atoms with E-state index in [1.54, 1.807) is 53.7 Å². The fraction of sp³-hybridized carbons (Fsp3) is 0.406. The van der Waals surface area contributed by atoms with Crippen molar-refractivity contribution in [3.63, 3.8) is 0 Å². The van der Waals surface area contributed by atoms with E-state index in [0.717, 1.165) is 85.8 Å². The molecule has 0 aliphatic carbocycles. The molecule has 0 nitrogen and oxygen atoms in total. The second kappa shape index (κ2) is 53.0. The van der Waals surface area contributed by atoms with Crippen LogP contribution in [0.5, 0.6) is 0 Å². The van der Waals surface area contributed by atoms with Crippen LogP contribution in [-0.4, -0.2) is 0 Å². The van der Waals surface area contributed by atoms with Crippen LogP contribution < -0.4 is 0 Å². The molecule has 10 aromatic rings. The molecule has 0 aliphatic rings. The van der Waals surface area contributed by atoms with Crippen LogP contribution in [0, 0.1) is 56.8 Å². The molecule has 0 amide bonds. The van der Waals surface area contributed by atoms with Gasteiger partial charge in [0.05, 0.1) is 38.9 Å². The van der Waals surface area contributed by atoms with Gasteiger partial charge in [0.2, 0.25) is 0 Å². The Bertz CT molecular complexity index is 5080. The fourth-order valence-corrected chi connectivity index (χ4v) is 14.4. The van der Waals surface area contributed by atoms with Gasteiger partial charge in [0.15, 0.2) is 0 Å². The molecular formula is C101H112Br4F26. The smallest absolute Gasteiger partial charge is 0.207 e. The zero-order valence-electron chi connectivity index (χ0n) is 76.9. The van der Waals surface area contributed by atoms with Crippen molar-refractivity contribution in [3.05, 3.63) is 346 Å². The maximum Gasteiger partial charge on any atom is 0.419 e. The zero-order chi connectivity index (χ0) is 102. The van der Waals surface area contributed by atoms with Crippen molar-refractivity contribution in [2.24, 2.45) is 0 Å². The lowest BCUT2D eigenvalue weighted by Crippen LogP contribution is -2.13. The van der Waals surface area contributed by atoms with E-state index in [9.17, 15) is 114 Å². The lowest BCUT2D eigenvalue weighted by molar-refractivity contribution is -0.144. The van der Waals surface area contributed by atoms with Gasteiger partial charge in [-0.15, -0.1) is 0 Å². The summed E-state index contributed by atoms with van der Waals surface area (Å²) < 4.78 is 327. The number of alkyl halides is 21. The van der Waals surface area contributed by atoms with E-state index in [1.807, 2.05) is 53.7 Å². The first-order chi connectivity index (χ1) is 59.6. The van der Waals surface area contributed by atoms with Crippen molar-refractivity contribution < 1.29 is 114 Å². The zero-order valence-corrected chi connectivity index (χ0v) is 83.3. The molecule has 0 aliphatic heterocycles. The highest BCUT2D eigenvalue weighted by Crippen LogP contribution is 2.45. The number of rotatable bonds is 10. The highest BCUT2D eigenvalue weighted by molar-refractivity contribution is 9.11. The topological polar surface area (TPSA) is 0 Å². The van der Waals surface area contributed by atoms with Crippen molar-refractivity contribution >= 4 is 63.7 Å². The predicted molar refractivity (Wildman–Crippen MR) is 490 cm³/mol. The van der Waals surface area contributed by atoms with Gasteiger partial charge < -0.3 is 0 Å². The maximum atomic E-state index is 13.1. The molecule has 131 heavy (non-hydrogen) atoms. The summed E-state index contributed by atoms with van der Waals surface area (Å²) in [6.07, 6.45) is -31.6. The van der Waals surface area contributed by atoms with E-state index >= 15 is 0 Å². The van der Waals surface area contributed by atoms with Crippen LogP contribution in [0.1, 0.15) is 314 Å². The number of hydrogen-bond acceptors (Lipinski definition) is 0. The Morgan fingerprint density at radius 1 is 0.206 bits per heavy atom. The molecule has 0 bridgehead atoms. The minimum absolute atomic E-state index is 0.0165. The summed E-state index contributed by atoms with van der Waals surface area (Å²) in [6, 6.07) is 42.0. The van der Waals surface area contributed by atoms with Gasteiger partial charge in [-0.25, -0.2) is 22.0 Å². The number of halogens is 30. The lowest BCUT2D eigenvalue weighted by Gasteiger charge is -2.18. The van der Waals surface area contributed by atoms with Crippen molar-refractivity contribution in [1.82, 2.24) is 0 Å². The Hall–Kier alpha value is -7.70. The summed E-state index contributed by atoms with van der Waals surface area (Å²) in [4.78, 5) is 0. The summed E-state index contributed by atoms with van der Waals surface area (Å²) in [5.41, 5.74) is 4.92. The van der Waals surface area contributed by atoms with E-state index in [-0.39, 0.29) is 79.9 Å². The Labute approximate surface area is 787 Å². The first-order valence-corrected chi connectivity index (χ1v) is 44.4. The van der Waals surface area contributed by atoms with Crippen LogP contribution in [0.25, 0.3) is 0 Å². The summed E-state index contributed by atoms with van der Waals surface area (Å²) in [7, 11) is 0.